The highest BCUT2D eigenvalue weighted by molar-refractivity contribution is 9.10. The Kier molecular flexibility index (Phi) is 5.46. The smallest absolute Gasteiger partial charge is 0.133 e. The first kappa shape index (κ1) is 14.5. The molecule has 1 aromatic carbocycles. The van der Waals surface area contributed by atoms with E-state index in [1.165, 1.54) is 0 Å². The molecule has 0 amide bonds. The van der Waals surface area contributed by atoms with Crippen molar-refractivity contribution in [3.63, 3.8) is 0 Å². The first-order valence-electron chi connectivity index (χ1n) is 4.83. The third kappa shape index (κ3) is 3.22. The standard InChI is InChI=1S/C12H12BrNOS.ClH/c1-15-11-3-2-8(6-10(11)13)12(14)9-4-5-16-7-9;/h2-7,12H,14H2,1H3;1H/t12-;/m0./s1. The number of nitrogens with two attached hydrogens (primary N) is 1. The third-order valence-corrected chi connectivity index (χ3v) is 3.76. The zero-order chi connectivity index (χ0) is 11.5. The molecule has 2 nitrogen and oxygen atoms in total. The van der Waals surface area contributed by atoms with Gasteiger partial charge in [-0.05, 0) is 56.0 Å². The second-order valence-electron chi connectivity index (χ2n) is 3.43. The van der Waals surface area contributed by atoms with Crippen LogP contribution in [0.4, 0.5) is 0 Å². The molecule has 0 saturated carbocycles. The van der Waals surface area contributed by atoms with Crippen molar-refractivity contribution in [2.24, 2.45) is 5.73 Å². The van der Waals surface area contributed by atoms with E-state index in [0.717, 1.165) is 21.3 Å². The zero-order valence-corrected chi connectivity index (χ0v) is 12.4. The maximum absolute atomic E-state index is 6.17. The van der Waals surface area contributed by atoms with Crippen molar-refractivity contribution in [1.82, 2.24) is 0 Å². The average Bonchev–Trinajstić information content (AvgIpc) is 2.81. The molecule has 1 heterocycles. The Bertz CT molecular complexity index is 475. The first-order valence-corrected chi connectivity index (χ1v) is 6.57. The number of methoxy groups -OCH3 is 1. The fourth-order valence-electron chi connectivity index (χ4n) is 1.52. The summed E-state index contributed by atoms with van der Waals surface area (Å²) in [7, 11) is 1.65. The number of hydrogen-bond donors (Lipinski definition) is 1. The van der Waals surface area contributed by atoms with E-state index in [9.17, 15) is 0 Å². The summed E-state index contributed by atoms with van der Waals surface area (Å²) in [5, 5.41) is 4.11. The van der Waals surface area contributed by atoms with Crippen LogP contribution in [0.3, 0.4) is 0 Å². The molecule has 0 bridgehead atoms. The van der Waals surface area contributed by atoms with Crippen LogP contribution in [0.15, 0.2) is 39.5 Å². The van der Waals surface area contributed by atoms with Gasteiger partial charge in [-0.3, -0.25) is 0 Å². The van der Waals surface area contributed by atoms with E-state index in [0.29, 0.717) is 0 Å². The van der Waals surface area contributed by atoms with E-state index in [2.05, 4.69) is 21.3 Å². The number of thiophene rings is 1. The van der Waals surface area contributed by atoms with Crippen molar-refractivity contribution in [1.29, 1.82) is 0 Å². The van der Waals surface area contributed by atoms with Crippen molar-refractivity contribution in [3.05, 3.63) is 50.6 Å². The number of halogens is 2. The molecule has 0 aliphatic rings. The lowest BCUT2D eigenvalue weighted by atomic mass is 10.0. The lowest BCUT2D eigenvalue weighted by Gasteiger charge is -2.12. The molecule has 0 radical (unpaired) electrons. The second-order valence-corrected chi connectivity index (χ2v) is 5.06. The molecule has 0 aliphatic heterocycles. The van der Waals surface area contributed by atoms with E-state index in [1.54, 1.807) is 18.4 Å². The Balaban J connectivity index is 0.00000144. The highest BCUT2D eigenvalue weighted by Crippen LogP contribution is 2.30. The van der Waals surface area contributed by atoms with E-state index in [-0.39, 0.29) is 18.4 Å². The maximum atomic E-state index is 6.17. The maximum Gasteiger partial charge on any atom is 0.133 e. The number of benzene rings is 1. The Hall–Kier alpha value is -0.550. The fourth-order valence-corrected chi connectivity index (χ4v) is 2.78. The minimum Gasteiger partial charge on any atom is -0.496 e. The van der Waals surface area contributed by atoms with Crippen molar-refractivity contribution in [2.75, 3.05) is 7.11 Å². The molecule has 0 aliphatic carbocycles. The van der Waals surface area contributed by atoms with Crippen molar-refractivity contribution in [3.8, 4) is 5.75 Å². The summed E-state index contributed by atoms with van der Waals surface area (Å²) in [6.07, 6.45) is 0. The molecule has 5 heteroatoms. The summed E-state index contributed by atoms with van der Waals surface area (Å²) in [5.74, 6) is 0.821. The molecule has 2 rings (SSSR count). The van der Waals surface area contributed by atoms with Crippen molar-refractivity contribution < 1.29 is 4.74 Å². The predicted molar refractivity (Wildman–Crippen MR) is 78.3 cm³/mol. The predicted octanol–water partition coefficient (Wildman–Crippen LogP) is 3.99. The Morgan fingerprint density at radius 1 is 1.29 bits per heavy atom. The lowest BCUT2D eigenvalue weighted by molar-refractivity contribution is 0.412. The van der Waals surface area contributed by atoms with Gasteiger partial charge < -0.3 is 10.5 Å². The molecular formula is C12H13BrClNOS. The van der Waals surface area contributed by atoms with Crippen LogP contribution in [0.2, 0.25) is 0 Å². The molecule has 0 fully saturated rings. The van der Waals surface area contributed by atoms with Crippen LogP contribution >= 0.6 is 39.7 Å². The average molecular weight is 335 g/mol. The second kappa shape index (κ2) is 6.40. The van der Waals surface area contributed by atoms with Gasteiger partial charge in [0.2, 0.25) is 0 Å². The van der Waals surface area contributed by atoms with Crippen LogP contribution in [0.5, 0.6) is 5.75 Å². The molecule has 1 aromatic heterocycles. The van der Waals surface area contributed by atoms with Crippen LogP contribution in [0, 0.1) is 0 Å². The first-order chi connectivity index (χ1) is 7.72. The molecule has 92 valence electrons. The van der Waals surface area contributed by atoms with Gasteiger partial charge in [0.1, 0.15) is 5.75 Å². The highest BCUT2D eigenvalue weighted by Gasteiger charge is 2.11. The SMILES string of the molecule is COc1ccc([C@H](N)c2ccsc2)cc1Br.Cl. The van der Waals surface area contributed by atoms with Gasteiger partial charge in [0, 0.05) is 0 Å². The summed E-state index contributed by atoms with van der Waals surface area (Å²) in [4.78, 5) is 0. The summed E-state index contributed by atoms with van der Waals surface area (Å²) < 4.78 is 6.11. The van der Waals surface area contributed by atoms with Gasteiger partial charge in [-0.1, -0.05) is 6.07 Å². The molecule has 0 spiro atoms. The molecule has 0 unspecified atom stereocenters. The van der Waals surface area contributed by atoms with Gasteiger partial charge >= 0.3 is 0 Å². The molecular weight excluding hydrogens is 322 g/mol. The number of ether oxygens (including phenoxy) is 1. The van der Waals surface area contributed by atoms with Gasteiger partial charge in [0.15, 0.2) is 0 Å². The van der Waals surface area contributed by atoms with Gasteiger partial charge in [-0.25, -0.2) is 0 Å². The Morgan fingerprint density at radius 2 is 2.06 bits per heavy atom. The molecule has 1 atom stereocenters. The third-order valence-electron chi connectivity index (χ3n) is 2.44. The van der Waals surface area contributed by atoms with Crippen LogP contribution < -0.4 is 10.5 Å². The van der Waals surface area contributed by atoms with Gasteiger partial charge in [-0.2, -0.15) is 11.3 Å². The van der Waals surface area contributed by atoms with Crippen molar-refractivity contribution >= 4 is 39.7 Å². The topological polar surface area (TPSA) is 35.2 Å². The van der Waals surface area contributed by atoms with Crippen molar-refractivity contribution in [2.45, 2.75) is 6.04 Å². The van der Waals surface area contributed by atoms with Crippen LogP contribution in [-0.2, 0) is 0 Å². The normalized spacial score (nSPS) is 11.7. The van der Waals surface area contributed by atoms with Crippen LogP contribution in [-0.4, -0.2) is 7.11 Å². The van der Waals surface area contributed by atoms with E-state index >= 15 is 0 Å². The summed E-state index contributed by atoms with van der Waals surface area (Å²) in [5.41, 5.74) is 8.38. The minimum absolute atomic E-state index is 0. The summed E-state index contributed by atoms with van der Waals surface area (Å²) in [6, 6.07) is 7.89. The quantitative estimate of drug-likeness (QED) is 0.921. The highest BCUT2D eigenvalue weighted by atomic mass is 79.9. The van der Waals surface area contributed by atoms with Gasteiger partial charge in [0.05, 0.1) is 17.6 Å². The molecule has 17 heavy (non-hydrogen) atoms. The Labute approximate surface area is 119 Å². The zero-order valence-electron chi connectivity index (χ0n) is 9.22. The molecule has 2 N–H and O–H groups in total. The lowest BCUT2D eigenvalue weighted by Crippen LogP contribution is -2.10. The monoisotopic (exact) mass is 333 g/mol. The van der Waals surface area contributed by atoms with Crippen LogP contribution in [0.25, 0.3) is 0 Å². The van der Waals surface area contributed by atoms with Gasteiger partial charge in [-0.15, -0.1) is 12.4 Å². The van der Waals surface area contributed by atoms with E-state index in [1.807, 2.05) is 29.6 Å². The largest absolute Gasteiger partial charge is 0.496 e. The van der Waals surface area contributed by atoms with E-state index < -0.39 is 0 Å². The fraction of sp³-hybridized carbons (Fsp3) is 0.167. The minimum atomic E-state index is -0.0755. The molecule has 2 aromatic rings. The Morgan fingerprint density at radius 3 is 2.59 bits per heavy atom. The molecule has 0 saturated heterocycles. The summed E-state index contributed by atoms with van der Waals surface area (Å²) >= 11 is 5.12. The van der Waals surface area contributed by atoms with Gasteiger partial charge in [0.25, 0.3) is 0 Å². The van der Waals surface area contributed by atoms with Crippen LogP contribution in [0.1, 0.15) is 17.2 Å². The number of rotatable bonds is 3. The number of hydrogen-bond acceptors (Lipinski definition) is 3. The summed E-state index contributed by atoms with van der Waals surface area (Å²) in [6.45, 7) is 0. The van der Waals surface area contributed by atoms with E-state index in [4.69, 9.17) is 10.5 Å².